The predicted molar refractivity (Wildman–Crippen MR) is 163 cm³/mol. The maximum absolute atomic E-state index is 13.2. The van der Waals surface area contributed by atoms with Crippen molar-refractivity contribution in [2.75, 3.05) is 37.6 Å². The Morgan fingerprint density at radius 3 is 2.60 bits per heavy atom. The number of primary amides is 1. The molecule has 1 saturated carbocycles. The number of benzene rings is 2. The summed E-state index contributed by atoms with van der Waals surface area (Å²) in [6, 6.07) is 14.9. The van der Waals surface area contributed by atoms with Gasteiger partial charge in [-0.2, -0.15) is 5.26 Å². The lowest BCUT2D eigenvalue weighted by Crippen LogP contribution is -2.48. The molecule has 3 heterocycles. The molecule has 0 unspecified atom stereocenters. The Morgan fingerprint density at radius 2 is 1.83 bits per heavy atom. The molecule has 42 heavy (non-hydrogen) atoms. The number of aromatic nitrogens is 1. The van der Waals surface area contributed by atoms with Gasteiger partial charge in [0.1, 0.15) is 5.58 Å². The van der Waals surface area contributed by atoms with Gasteiger partial charge in [0.2, 0.25) is 0 Å². The molecule has 0 atom stereocenters. The quantitative estimate of drug-likeness (QED) is 0.261. The number of urea groups is 1. The number of furan rings is 1. The van der Waals surface area contributed by atoms with Crippen molar-refractivity contribution < 1.29 is 14.0 Å². The van der Waals surface area contributed by atoms with Crippen LogP contribution in [0.4, 0.5) is 10.5 Å². The van der Waals surface area contributed by atoms with E-state index in [0.717, 1.165) is 106 Å². The maximum Gasteiger partial charge on any atom is 0.322 e. The van der Waals surface area contributed by atoms with Gasteiger partial charge in [-0.25, -0.2) is 4.79 Å². The number of carbonyl (C=O) groups is 2. The number of H-pyrrole nitrogens is 1. The number of fused-ring (bicyclic) bond motifs is 2. The Hall–Kier alpha value is -4.29. The van der Waals surface area contributed by atoms with Gasteiger partial charge in [-0.15, -0.1) is 0 Å². The lowest BCUT2D eigenvalue weighted by molar-refractivity contribution is 0.0690. The molecule has 0 radical (unpaired) electrons. The van der Waals surface area contributed by atoms with Crippen molar-refractivity contribution in [1.82, 2.24) is 14.8 Å². The first-order valence-corrected chi connectivity index (χ1v) is 15.1. The smallest absolute Gasteiger partial charge is 0.322 e. The zero-order chi connectivity index (χ0) is 29.1. The second-order valence-electron chi connectivity index (χ2n) is 11.6. The lowest BCUT2D eigenvalue weighted by Gasteiger charge is -2.36. The second-order valence-corrected chi connectivity index (χ2v) is 11.6. The van der Waals surface area contributed by atoms with Gasteiger partial charge in [0.15, 0.2) is 5.76 Å². The number of rotatable bonds is 8. The number of unbranched alkanes of at least 4 members (excludes halogenated alkanes) is 1. The average molecular weight is 567 g/mol. The highest BCUT2D eigenvalue weighted by Gasteiger charge is 2.32. The number of nitrogens with zero attached hydrogens (tertiary/aromatic N) is 4. The minimum absolute atomic E-state index is 0.157. The number of imide groups is 1. The van der Waals surface area contributed by atoms with E-state index in [1.54, 1.807) is 6.07 Å². The van der Waals surface area contributed by atoms with Gasteiger partial charge in [0.25, 0.3) is 5.91 Å². The Labute approximate surface area is 245 Å². The lowest BCUT2D eigenvalue weighted by atomic mass is 9.94. The molecule has 2 fully saturated rings. The molecule has 1 aliphatic heterocycles. The van der Waals surface area contributed by atoms with Gasteiger partial charge in [-0.3, -0.25) is 14.6 Å². The minimum atomic E-state index is -0.710. The molecule has 3 N–H and O–H groups in total. The van der Waals surface area contributed by atoms with E-state index in [4.69, 9.17) is 10.2 Å². The van der Waals surface area contributed by atoms with Crippen LogP contribution in [0.3, 0.4) is 0 Å². The Bertz CT molecular complexity index is 1620. The normalized spacial score (nSPS) is 16.6. The number of amides is 3. The van der Waals surface area contributed by atoms with Crippen LogP contribution in [-0.2, 0) is 6.42 Å². The maximum atomic E-state index is 13.2. The van der Waals surface area contributed by atoms with Crippen LogP contribution in [0.2, 0.25) is 0 Å². The summed E-state index contributed by atoms with van der Waals surface area (Å²) in [6.45, 7) is 4.95. The van der Waals surface area contributed by atoms with Crippen molar-refractivity contribution in [3.05, 3.63) is 65.5 Å². The van der Waals surface area contributed by atoms with E-state index in [2.05, 4.69) is 33.1 Å². The van der Waals surface area contributed by atoms with Gasteiger partial charge >= 0.3 is 6.03 Å². The largest absolute Gasteiger partial charge is 0.451 e. The Morgan fingerprint density at radius 1 is 1.02 bits per heavy atom. The van der Waals surface area contributed by atoms with Gasteiger partial charge in [-0.1, -0.05) is 19.3 Å². The van der Waals surface area contributed by atoms with E-state index in [1.807, 2.05) is 30.3 Å². The molecular formula is C33H38N6O3. The molecule has 1 aliphatic carbocycles. The summed E-state index contributed by atoms with van der Waals surface area (Å²) in [6.07, 6.45) is 10.0. The van der Waals surface area contributed by atoms with E-state index in [-0.39, 0.29) is 11.8 Å². The summed E-state index contributed by atoms with van der Waals surface area (Å²) < 4.78 is 5.89. The third kappa shape index (κ3) is 5.86. The van der Waals surface area contributed by atoms with Crippen LogP contribution >= 0.6 is 0 Å². The average Bonchev–Trinajstić information content (AvgIpc) is 3.63. The summed E-state index contributed by atoms with van der Waals surface area (Å²) >= 11 is 0. The number of aromatic amines is 1. The van der Waals surface area contributed by atoms with Crippen LogP contribution in [-0.4, -0.2) is 65.5 Å². The molecule has 0 bridgehead atoms. The fourth-order valence-corrected chi connectivity index (χ4v) is 6.57. The molecule has 3 amide bonds. The number of anilines is 1. The first kappa shape index (κ1) is 27.9. The molecule has 9 heteroatoms. The standard InChI is InChI=1S/C33H38N6O3/c34-21-23-9-11-29-28(18-23)24(22-36-29)6-4-5-13-37-14-16-38(17-15-37)27-10-12-30-25(19-27)20-31(42-30)32(40)39(33(35)41)26-7-2-1-3-8-26/h9-12,18-20,22,26,36H,1-8,13-17H2,(H2,35,41). The van der Waals surface area contributed by atoms with Crippen LogP contribution in [0, 0.1) is 11.3 Å². The molecular weight excluding hydrogens is 528 g/mol. The molecule has 1 saturated heterocycles. The molecule has 2 aliphatic rings. The number of nitrogens with two attached hydrogens (primary N) is 1. The van der Waals surface area contributed by atoms with Crippen molar-refractivity contribution in [2.45, 2.75) is 57.4 Å². The number of nitriles is 1. The van der Waals surface area contributed by atoms with E-state index in [9.17, 15) is 14.9 Å². The predicted octanol–water partition coefficient (Wildman–Crippen LogP) is 5.78. The Kier molecular flexibility index (Phi) is 8.15. The zero-order valence-electron chi connectivity index (χ0n) is 24.0. The highest BCUT2D eigenvalue weighted by Crippen LogP contribution is 2.29. The van der Waals surface area contributed by atoms with E-state index in [0.29, 0.717) is 11.1 Å². The zero-order valence-corrected chi connectivity index (χ0v) is 24.0. The Balaban J connectivity index is 1.01. The van der Waals surface area contributed by atoms with Crippen molar-refractivity contribution in [1.29, 1.82) is 5.26 Å². The van der Waals surface area contributed by atoms with Crippen LogP contribution in [0.1, 0.15) is 66.6 Å². The first-order valence-electron chi connectivity index (χ1n) is 15.1. The number of piperazine rings is 1. The van der Waals surface area contributed by atoms with Gasteiger partial charge in [0.05, 0.1) is 11.6 Å². The third-order valence-corrected chi connectivity index (χ3v) is 8.91. The van der Waals surface area contributed by atoms with E-state index in [1.165, 1.54) is 10.5 Å². The number of hydrogen-bond donors (Lipinski definition) is 2. The summed E-state index contributed by atoms with van der Waals surface area (Å²) in [7, 11) is 0. The molecule has 9 nitrogen and oxygen atoms in total. The van der Waals surface area contributed by atoms with Gasteiger partial charge in [0, 0.05) is 60.4 Å². The molecule has 0 spiro atoms. The fraction of sp³-hybridized carbons (Fsp3) is 0.424. The van der Waals surface area contributed by atoms with Gasteiger partial charge in [-0.05, 0) is 86.7 Å². The second kappa shape index (κ2) is 12.3. The van der Waals surface area contributed by atoms with Gasteiger partial charge < -0.3 is 20.0 Å². The monoisotopic (exact) mass is 566 g/mol. The molecule has 6 rings (SSSR count). The van der Waals surface area contributed by atoms with Crippen LogP contribution < -0.4 is 10.6 Å². The summed E-state index contributed by atoms with van der Waals surface area (Å²) in [5, 5.41) is 11.2. The van der Waals surface area contributed by atoms with Crippen molar-refractivity contribution >= 4 is 39.5 Å². The summed E-state index contributed by atoms with van der Waals surface area (Å²) in [4.78, 5) is 34.8. The molecule has 4 aromatic rings. The van der Waals surface area contributed by atoms with Crippen LogP contribution in [0.5, 0.6) is 0 Å². The first-order chi connectivity index (χ1) is 20.5. The number of hydrogen-bond acceptors (Lipinski definition) is 6. The molecule has 2 aromatic heterocycles. The van der Waals surface area contributed by atoms with E-state index < -0.39 is 11.9 Å². The molecule has 218 valence electrons. The van der Waals surface area contributed by atoms with Crippen LogP contribution in [0.25, 0.3) is 21.9 Å². The SMILES string of the molecule is N#Cc1ccc2[nH]cc(CCCCN3CCN(c4ccc5oc(C(=O)N(C(N)=O)C6CCCCC6)cc5c4)CC3)c2c1. The van der Waals surface area contributed by atoms with Crippen LogP contribution in [0.15, 0.2) is 53.1 Å². The number of carbonyl (C=O) groups excluding carboxylic acids is 2. The molecule has 2 aromatic carbocycles. The van der Waals surface area contributed by atoms with Crippen molar-refractivity contribution in [2.24, 2.45) is 5.73 Å². The van der Waals surface area contributed by atoms with Crippen molar-refractivity contribution in [3.8, 4) is 6.07 Å². The van der Waals surface area contributed by atoms with E-state index >= 15 is 0 Å². The number of nitrogens with one attached hydrogen (secondary N) is 1. The summed E-state index contributed by atoms with van der Waals surface area (Å²) in [5.41, 5.74) is 10.4. The highest BCUT2D eigenvalue weighted by atomic mass is 16.3. The third-order valence-electron chi connectivity index (χ3n) is 8.91. The minimum Gasteiger partial charge on any atom is -0.451 e. The fourth-order valence-electron chi connectivity index (χ4n) is 6.57. The topological polar surface area (TPSA) is 123 Å². The number of aryl methyl sites for hydroxylation is 1. The van der Waals surface area contributed by atoms with Crippen molar-refractivity contribution in [3.63, 3.8) is 0 Å². The summed E-state index contributed by atoms with van der Waals surface area (Å²) in [5.74, 6) is -0.285. The highest BCUT2D eigenvalue weighted by molar-refractivity contribution is 6.04.